The first-order valence-electron chi connectivity index (χ1n) is 14.4. The van der Waals surface area contributed by atoms with Gasteiger partial charge in [-0.05, 0) is 69.3 Å². The maximum absolute atomic E-state index is 15.1. The van der Waals surface area contributed by atoms with Crippen LogP contribution in [-0.2, 0) is 5.41 Å². The highest BCUT2D eigenvalue weighted by atomic mass is 32.1. The van der Waals surface area contributed by atoms with E-state index in [4.69, 9.17) is 0 Å². The topological polar surface area (TPSA) is 77.5 Å². The third kappa shape index (κ3) is 4.96. The molecule has 1 aliphatic carbocycles. The van der Waals surface area contributed by atoms with Crippen molar-refractivity contribution < 1.29 is 9.18 Å². The second-order valence-corrected chi connectivity index (χ2v) is 12.6. The number of likely N-dealkylation sites (N-methyl/N-ethyl adjacent to an activating group) is 1. The van der Waals surface area contributed by atoms with Crippen LogP contribution in [-0.4, -0.2) is 77.0 Å². The van der Waals surface area contributed by atoms with Crippen LogP contribution in [0.4, 0.5) is 21.8 Å². The van der Waals surface area contributed by atoms with Gasteiger partial charge >= 0.3 is 0 Å². The molecule has 2 aliphatic heterocycles. The zero-order valence-electron chi connectivity index (χ0n) is 23.8. The van der Waals surface area contributed by atoms with Crippen molar-refractivity contribution in [3.63, 3.8) is 0 Å². The fraction of sp³-hybridized carbons (Fsp3) is 0.533. The average Bonchev–Trinajstić information content (AvgIpc) is 3.41. The zero-order valence-corrected chi connectivity index (χ0v) is 24.7. The molecule has 2 fully saturated rings. The van der Waals surface area contributed by atoms with Crippen LogP contribution < -0.4 is 10.2 Å². The standard InChI is InChI=1S/C30H38FN7OS/c1-5-12-38(17-20-9-13-37(6-2)16-20)21-7-8-23(32-14-21)34-29-33-15-22(31)25(35-29)26-19(3)24-27(40-26)30(10-11-30)18-36(4)28(24)39/h7-8,14-15,20H,5-6,9-13,16-18H2,1-4H3,(H,32,33,34,35). The van der Waals surface area contributed by atoms with E-state index in [0.717, 1.165) is 73.7 Å². The lowest BCUT2D eigenvalue weighted by molar-refractivity contribution is 0.0760. The number of amides is 1. The summed E-state index contributed by atoms with van der Waals surface area (Å²) in [5.41, 5.74) is 2.89. The van der Waals surface area contributed by atoms with Crippen LogP contribution in [0.1, 0.15) is 60.3 Å². The van der Waals surface area contributed by atoms with Gasteiger partial charge in [0.05, 0.1) is 28.5 Å². The Kier molecular flexibility index (Phi) is 7.25. The SMILES string of the molecule is CCCN(CC1CCN(CC)C1)c1ccc(Nc2ncc(F)c(-c3sc4c(c3C)C(=O)N(C)CC43CC3)n2)nc1. The molecule has 0 aromatic carbocycles. The first-order valence-corrected chi connectivity index (χ1v) is 15.3. The average molecular weight is 564 g/mol. The Morgan fingerprint density at radius 3 is 2.73 bits per heavy atom. The summed E-state index contributed by atoms with van der Waals surface area (Å²) in [5, 5.41) is 3.16. The maximum atomic E-state index is 15.1. The van der Waals surface area contributed by atoms with E-state index in [2.05, 4.69) is 50.0 Å². The third-order valence-electron chi connectivity index (χ3n) is 8.68. The minimum Gasteiger partial charge on any atom is -0.370 e. The molecule has 0 radical (unpaired) electrons. The smallest absolute Gasteiger partial charge is 0.255 e. The Morgan fingerprint density at radius 1 is 1.23 bits per heavy atom. The molecule has 1 amide bonds. The van der Waals surface area contributed by atoms with Crippen LogP contribution >= 0.6 is 11.3 Å². The Balaban J connectivity index is 1.21. The van der Waals surface area contributed by atoms with Gasteiger partial charge < -0.3 is 20.0 Å². The third-order valence-corrected chi connectivity index (χ3v) is 10.2. The molecule has 40 heavy (non-hydrogen) atoms. The van der Waals surface area contributed by atoms with Gasteiger partial charge in [-0.25, -0.2) is 19.3 Å². The number of hydrogen-bond donors (Lipinski definition) is 1. The van der Waals surface area contributed by atoms with Gasteiger partial charge in [-0.1, -0.05) is 13.8 Å². The van der Waals surface area contributed by atoms with Gasteiger partial charge in [0.25, 0.3) is 5.91 Å². The van der Waals surface area contributed by atoms with Crippen molar-refractivity contribution in [1.82, 2.24) is 24.8 Å². The molecular formula is C30H38FN7OS. The van der Waals surface area contributed by atoms with Gasteiger partial charge in [0.15, 0.2) is 5.82 Å². The number of anilines is 3. The van der Waals surface area contributed by atoms with E-state index in [0.29, 0.717) is 16.6 Å². The summed E-state index contributed by atoms with van der Waals surface area (Å²) in [6, 6.07) is 4.01. The van der Waals surface area contributed by atoms with Crippen LogP contribution in [0.25, 0.3) is 10.6 Å². The first kappa shape index (κ1) is 27.1. The van der Waals surface area contributed by atoms with Crippen LogP contribution in [0.2, 0.25) is 0 Å². The molecule has 1 unspecified atom stereocenters. The number of carbonyl (C=O) groups is 1. The molecule has 1 spiro atoms. The Labute approximate surface area is 239 Å². The lowest BCUT2D eigenvalue weighted by Crippen LogP contribution is -2.40. The number of aromatic nitrogens is 3. The first-order chi connectivity index (χ1) is 19.3. The van der Waals surface area contributed by atoms with Crippen molar-refractivity contribution in [3.8, 4) is 10.6 Å². The van der Waals surface area contributed by atoms with E-state index in [1.54, 1.807) is 4.90 Å². The Morgan fingerprint density at radius 2 is 2.05 bits per heavy atom. The number of halogens is 1. The number of nitrogens with zero attached hydrogens (tertiary/aromatic N) is 6. The molecule has 5 heterocycles. The van der Waals surface area contributed by atoms with E-state index in [1.165, 1.54) is 30.5 Å². The summed E-state index contributed by atoms with van der Waals surface area (Å²) in [6.45, 7) is 12.6. The van der Waals surface area contributed by atoms with Crippen LogP contribution in [0.5, 0.6) is 0 Å². The summed E-state index contributed by atoms with van der Waals surface area (Å²) in [7, 11) is 1.85. The van der Waals surface area contributed by atoms with Crippen molar-refractivity contribution in [2.24, 2.45) is 5.92 Å². The van der Waals surface area contributed by atoms with Crippen molar-refractivity contribution in [1.29, 1.82) is 0 Å². The summed E-state index contributed by atoms with van der Waals surface area (Å²) in [5.74, 6) is 1.07. The van der Waals surface area contributed by atoms with E-state index in [1.807, 2.05) is 26.2 Å². The Bertz CT molecular complexity index is 1400. The van der Waals surface area contributed by atoms with Crippen molar-refractivity contribution in [3.05, 3.63) is 46.3 Å². The molecule has 0 bridgehead atoms. The van der Waals surface area contributed by atoms with Crippen molar-refractivity contribution in [2.75, 3.05) is 56.5 Å². The quantitative estimate of drug-likeness (QED) is 0.370. The van der Waals surface area contributed by atoms with Gasteiger partial charge in [0.2, 0.25) is 5.95 Å². The number of carbonyl (C=O) groups excluding carboxylic acids is 1. The van der Waals surface area contributed by atoms with Gasteiger partial charge in [-0.2, -0.15) is 0 Å². The largest absolute Gasteiger partial charge is 0.370 e. The summed E-state index contributed by atoms with van der Waals surface area (Å²) < 4.78 is 15.1. The van der Waals surface area contributed by atoms with E-state index >= 15 is 4.39 Å². The highest BCUT2D eigenvalue weighted by molar-refractivity contribution is 7.16. The second kappa shape index (κ2) is 10.7. The van der Waals surface area contributed by atoms with Gasteiger partial charge in [0.1, 0.15) is 11.5 Å². The molecule has 1 atom stereocenters. The number of pyridine rings is 1. The summed E-state index contributed by atoms with van der Waals surface area (Å²) in [6.07, 6.45) is 7.53. The molecule has 6 rings (SSSR count). The molecule has 8 nitrogen and oxygen atoms in total. The predicted molar refractivity (Wildman–Crippen MR) is 158 cm³/mol. The molecule has 1 saturated carbocycles. The fourth-order valence-corrected chi connectivity index (χ4v) is 7.83. The Hall–Kier alpha value is -3.11. The van der Waals surface area contributed by atoms with Gasteiger partial charge in [-0.3, -0.25) is 4.79 Å². The molecule has 3 aromatic rings. The van der Waals surface area contributed by atoms with E-state index < -0.39 is 5.82 Å². The van der Waals surface area contributed by atoms with Crippen LogP contribution in [0.15, 0.2) is 24.5 Å². The number of rotatable bonds is 9. The summed E-state index contributed by atoms with van der Waals surface area (Å²) in [4.78, 5) is 34.9. The molecule has 10 heteroatoms. The number of thiophene rings is 1. The zero-order chi connectivity index (χ0) is 28.0. The fourth-order valence-electron chi connectivity index (χ4n) is 6.30. The molecule has 3 aliphatic rings. The number of likely N-dealkylation sites (tertiary alicyclic amines) is 1. The molecule has 3 aromatic heterocycles. The highest BCUT2D eigenvalue weighted by Crippen LogP contribution is 2.57. The number of fused-ring (bicyclic) bond motifs is 2. The summed E-state index contributed by atoms with van der Waals surface area (Å²) >= 11 is 1.51. The van der Waals surface area contributed by atoms with Gasteiger partial charge in [-0.15, -0.1) is 11.3 Å². The van der Waals surface area contributed by atoms with Crippen molar-refractivity contribution in [2.45, 2.75) is 51.9 Å². The lowest BCUT2D eigenvalue weighted by Gasteiger charge is -2.30. The molecular weight excluding hydrogens is 525 g/mol. The second-order valence-electron chi connectivity index (χ2n) is 11.6. The normalized spacial score (nSPS) is 19.8. The number of hydrogen-bond acceptors (Lipinski definition) is 8. The van der Waals surface area contributed by atoms with E-state index in [9.17, 15) is 4.79 Å². The number of nitrogens with one attached hydrogen (secondary N) is 1. The van der Waals surface area contributed by atoms with Crippen molar-refractivity contribution >= 4 is 34.7 Å². The highest BCUT2D eigenvalue weighted by Gasteiger charge is 2.53. The van der Waals surface area contributed by atoms with Gasteiger partial charge in [0, 0.05) is 43.5 Å². The lowest BCUT2D eigenvalue weighted by atomic mass is 9.92. The molecule has 212 valence electrons. The maximum Gasteiger partial charge on any atom is 0.255 e. The van der Waals surface area contributed by atoms with Crippen LogP contribution in [0.3, 0.4) is 0 Å². The molecule has 1 N–H and O–H groups in total. The van der Waals surface area contributed by atoms with E-state index in [-0.39, 0.29) is 23.0 Å². The molecule has 1 saturated heterocycles. The van der Waals surface area contributed by atoms with Crippen LogP contribution in [0, 0.1) is 18.7 Å². The monoisotopic (exact) mass is 563 g/mol. The predicted octanol–water partition coefficient (Wildman–Crippen LogP) is 5.47. The minimum atomic E-state index is -0.495. The minimum absolute atomic E-state index is 0.0114.